The lowest BCUT2D eigenvalue weighted by Gasteiger charge is -2.16. The van der Waals surface area contributed by atoms with Crippen LogP contribution in [-0.2, 0) is 19.4 Å². The van der Waals surface area contributed by atoms with E-state index in [9.17, 15) is 9.59 Å². The lowest BCUT2D eigenvalue weighted by Crippen LogP contribution is -2.34. The number of H-pyrrole nitrogens is 1. The molecule has 132 valence electrons. The summed E-state index contributed by atoms with van der Waals surface area (Å²) in [6, 6.07) is 8.50. The smallest absolute Gasteiger partial charge is 0.298 e. The van der Waals surface area contributed by atoms with E-state index >= 15 is 0 Å². The number of nitrogens with one attached hydrogen (secondary N) is 1. The summed E-state index contributed by atoms with van der Waals surface area (Å²) in [6.45, 7) is 0.261. The van der Waals surface area contributed by atoms with Gasteiger partial charge in [0.15, 0.2) is 0 Å². The van der Waals surface area contributed by atoms with Crippen molar-refractivity contribution in [2.75, 3.05) is 0 Å². The maximum absolute atomic E-state index is 13.0. The lowest BCUT2D eigenvalue weighted by molar-refractivity contribution is 0.605. The van der Waals surface area contributed by atoms with Gasteiger partial charge in [-0.3, -0.25) is 14.3 Å². The number of aromatic nitrogens is 2. The SMILES string of the molecule is N#CCCCn1c(=O)[nH]c2scc(-c3ccc4c(c3)CCCC4)c2c1=O. The molecule has 3 aromatic rings. The summed E-state index contributed by atoms with van der Waals surface area (Å²) in [7, 11) is 0. The van der Waals surface area contributed by atoms with Crippen LogP contribution in [0.1, 0.15) is 36.8 Å². The van der Waals surface area contributed by atoms with Gasteiger partial charge in [0, 0.05) is 23.9 Å². The Kier molecular flexibility index (Phi) is 4.48. The third-order valence-corrected chi connectivity index (χ3v) is 5.94. The van der Waals surface area contributed by atoms with Gasteiger partial charge in [0.1, 0.15) is 4.83 Å². The normalized spacial score (nSPS) is 13.5. The molecule has 0 atom stereocenters. The Morgan fingerprint density at radius 2 is 2.00 bits per heavy atom. The summed E-state index contributed by atoms with van der Waals surface area (Å²) in [5, 5.41) is 11.2. The average molecular weight is 365 g/mol. The van der Waals surface area contributed by atoms with Gasteiger partial charge in [-0.1, -0.05) is 18.2 Å². The molecule has 0 bridgehead atoms. The predicted octanol–water partition coefficient (Wildman–Crippen LogP) is 3.60. The number of benzene rings is 1. The van der Waals surface area contributed by atoms with E-state index in [1.807, 2.05) is 11.4 Å². The number of thiophene rings is 1. The molecule has 26 heavy (non-hydrogen) atoms. The number of nitriles is 1. The van der Waals surface area contributed by atoms with E-state index < -0.39 is 5.69 Å². The second-order valence-electron chi connectivity index (χ2n) is 6.69. The number of hydrogen-bond acceptors (Lipinski definition) is 4. The maximum atomic E-state index is 13.0. The highest BCUT2D eigenvalue weighted by Gasteiger charge is 2.17. The van der Waals surface area contributed by atoms with E-state index in [0.717, 1.165) is 24.0 Å². The fourth-order valence-corrected chi connectivity index (χ4v) is 4.64. The third-order valence-electron chi connectivity index (χ3n) is 5.05. The number of fused-ring (bicyclic) bond motifs is 2. The average Bonchev–Trinajstić information content (AvgIpc) is 3.08. The van der Waals surface area contributed by atoms with Crippen molar-refractivity contribution in [1.29, 1.82) is 5.26 Å². The fraction of sp³-hybridized carbons (Fsp3) is 0.350. The molecule has 5 nitrogen and oxygen atoms in total. The van der Waals surface area contributed by atoms with Crippen molar-refractivity contribution in [3.63, 3.8) is 0 Å². The minimum absolute atomic E-state index is 0.261. The van der Waals surface area contributed by atoms with Gasteiger partial charge in [0.05, 0.1) is 11.5 Å². The summed E-state index contributed by atoms with van der Waals surface area (Å²) in [5.74, 6) is 0. The van der Waals surface area contributed by atoms with Gasteiger partial charge in [0.2, 0.25) is 0 Å². The number of nitrogens with zero attached hydrogens (tertiary/aromatic N) is 2. The molecule has 0 unspecified atom stereocenters. The summed E-state index contributed by atoms with van der Waals surface area (Å²) in [6.07, 6.45) is 5.47. The number of rotatable bonds is 4. The molecule has 0 saturated carbocycles. The molecule has 0 amide bonds. The molecule has 1 aromatic carbocycles. The number of unbranched alkanes of at least 4 members (excludes halogenated alkanes) is 1. The van der Waals surface area contributed by atoms with Crippen LogP contribution in [-0.4, -0.2) is 9.55 Å². The minimum Gasteiger partial charge on any atom is -0.298 e. The molecule has 1 aliphatic rings. The van der Waals surface area contributed by atoms with Gasteiger partial charge in [-0.05, 0) is 48.8 Å². The Labute approximate surface area is 154 Å². The topological polar surface area (TPSA) is 78.7 Å². The lowest BCUT2D eigenvalue weighted by atomic mass is 9.89. The fourth-order valence-electron chi connectivity index (χ4n) is 3.69. The molecule has 2 heterocycles. The largest absolute Gasteiger partial charge is 0.329 e. The summed E-state index contributed by atoms with van der Waals surface area (Å²) in [4.78, 5) is 28.6. The van der Waals surface area contributed by atoms with Crippen LogP contribution in [0.4, 0.5) is 0 Å². The van der Waals surface area contributed by atoms with Crippen LogP contribution in [0.3, 0.4) is 0 Å². The Morgan fingerprint density at radius 3 is 2.81 bits per heavy atom. The van der Waals surface area contributed by atoms with Crippen molar-refractivity contribution >= 4 is 21.6 Å². The molecular weight excluding hydrogens is 346 g/mol. The van der Waals surface area contributed by atoms with E-state index in [0.29, 0.717) is 23.1 Å². The van der Waals surface area contributed by atoms with Crippen LogP contribution in [0.15, 0.2) is 33.2 Å². The van der Waals surface area contributed by atoms with Crippen molar-refractivity contribution in [3.8, 4) is 17.2 Å². The summed E-state index contributed by atoms with van der Waals surface area (Å²) >= 11 is 1.39. The quantitative estimate of drug-likeness (QED) is 0.718. The monoisotopic (exact) mass is 365 g/mol. The summed E-state index contributed by atoms with van der Waals surface area (Å²) < 4.78 is 1.22. The zero-order valence-corrected chi connectivity index (χ0v) is 15.2. The molecule has 2 aromatic heterocycles. The van der Waals surface area contributed by atoms with Crippen LogP contribution in [0.2, 0.25) is 0 Å². The molecule has 0 fully saturated rings. The van der Waals surface area contributed by atoms with Crippen LogP contribution in [0.25, 0.3) is 21.3 Å². The first kappa shape index (κ1) is 16.8. The molecule has 1 N–H and O–H groups in total. The van der Waals surface area contributed by atoms with E-state index in [1.54, 1.807) is 0 Å². The first-order valence-corrected chi connectivity index (χ1v) is 9.80. The van der Waals surface area contributed by atoms with Crippen molar-refractivity contribution in [2.45, 2.75) is 45.1 Å². The Hall–Kier alpha value is -2.65. The zero-order valence-electron chi connectivity index (χ0n) is 14.4. The van der Waals surface area contributed by atoms with Gasteiger partial charge in [-0.2, -0.15) is 5.26 Å². The molecule has 6 heteroatoms. The molecule has 0 radical (unpaired) electrons. The van der Waals surface area contributed by atoms with E-state index in [4.69, 9.17) is 5.26 Å². The van der Waals surface area contributed by atoms with E-state index in [2.05, 4.69) is 23.2 Å². The number of aromatic amines is 1. The van der Waals surface area contributed by atoms with Gasteiger partial charge in [-0.15, -0.1) is 11.3 Å². The van der Waals surface area contributed by atoms with E-state index in [-0.39, 0.29) is 12.1 Å². The highest BCUT2D eigenvalue weighted by atomic mass is 32.1. The highest BCUT2D eigenvalue weighted by molar-refractivity contribution is 7.17. The minimum atomic E-state index is -0.403. The van der Waals surface area contributed by atoms with Crippen molar-refractivity contribution in [2.24, 2.45) is 0 Å². The second-order valence-corrected chi connectivity index (χ2v) is 7.57. The van der Waals surface area contributed by atoms with Gasteiger partial charge < -0.3 is 0 Å². The van der Waals surface area contributed by atoms with Gasteiger partial charge >= 0.3 is 5.69 Å². The Morgan fingerprint density at radius 1 is 1.19 bits per heavy atom. The van der Waals surface area contributed by atoms with Crippen LogP contribution in [0, 0.1) is 11.3 Å². The summed E-state index contributed by atoms with van der Waals surface area (Å²) in [5.41, 5.74) is 4.02. The third kappa shape index (κ3) is 2.89. The van der Waals surface area contributed by atoms with Gasteiger partial charge in [0.25, 0.3) is 5.56 Å². The Bertz CT molecular complexity index is 1130. The van der Waals surface area contributed by atoms with Crippen LogP contribution < -0.4 is 11.2 Å². The van der Waals surface area contributed by atoms with Gasteiger partial charge in [-0.25, -0.2) is 4.79 Å². The maximum Gasteiger partial charge on any atom is 0.329 e. The van der Waals surface area contributed by atoms with Crippen LogP contribution in [0.5, 0.6) is 0 Å². The first-order valence-electron chi connectivity index (χ1n) is 8.92. The Balaban J connectivity index is 1.84. The first-order chi connectivity index (χ1) is 12.7. The zero-order chi connectivity index (χ0) is 18.1. The molecular formula is C20H19N3O2S. The standard InChI is InChI=1S/C20H19N3O2S/c21-9-3-4-10-23-19(24)17-16(12-26-18(17)22-20(23)25)15-8-7-13-5-1-2-6-14(13)11-15/h7-8,11-12H,1-6,10H2,(H,22,25). The highest BCUT2D eigenvalue weighted by Crippen LogP contribution is 2.33. The van der Waals surface area contributed by atoms with Crippen molar-refractivity contribution in [3.05, 3.63) is 55.5 Å². The second kappa shape index (κ2) is 6.93. The molecule has 0 aliphatic heterocycles. The predicted molar refractivity (Wildman–Crippen MR) is 104 cm³/mol. The molecule has 4 rings (SSSR count). The number of hydrogen-bond donors (Lipinski definition) is 1. The van der Waals surface area contributed by atoms with E-state index in [1.165, 1.54) is 39.9 Å². The molecule has 0 saturated heterocycles. The number of aryl methyl sites for hydroxylation is 2. The van der Waals surface area contributed by atoms with Crippen LogP contribution >= 0.6 is 11.3 Å². The molecule has 0 spiro atoms. The van der Waals surface area contributed by atoms with Crippen molar-refractivity contribution < 1.29 is 0 Å². The van der Waals surface area contributed by atoms with Crippen molar-refractivity contribution in [1.82, 2.24) is 9.55 Å². The molecule has 1 aliphatic carbocycles.